The van der Waals surface area contributed by atoms with Crippen molar-refractivity contribution in [3.8, 4) is 17.5 Å². The van der Waals surface area contributed by atoms with E-state index in [9.17, 15) is 26.9 Å². The Morgan fingerprint density at radius 3 is 2.52 bits per heavy atom. The first-order valence-corrected chi connectivity index (χ1v) is 12.1. The van der Waals surface area contributed by atoms with E-state index in [4.69, 9.17) is 11.6 Å². The monoisotopic (exact) mass is 496 g/mol. The maximum absolute atomic E-state index is 12.8. The van der Waals surface area contributed by atoms with Crippen LogP contribution in [0.4, 0.5) is 13.2 Å². The molecule has 0 bridgehead atoms. The van der Waals surface area contributed by atoms with Gasteiger partial charge in [0.2, 0.25) is 10.0 Å². The number of benzene rings is 1. The molecule has 0 amide bonds. The first-order chi connectivity index (χ1) is 15.4. The van der Waals surface area contributed by atoms with Crippen molar-refractivity contribution in [3.63, 3.8) is 0 Å². The second-order valence-electron chi connectivity index (χ2n) is 8.17. The van der Waals surface area contributed by atoms with Crippen LogP contribution >= 0.6 is 11.6 Å². The molecule has 1 aliphatic carbocycles. The van der Waals surface area contributed by atoms with Crippen molar-refractivity contribution in [2.24, 2.45) is 0 Å². The zero-order valence-corrected chi connectivity index (χ0v) is 19.3. The number of nitrogens with zero attached hydrogens (tertiary/aromatic N) is 3. The van der Waals surface area contributed by atoms with Crippen molar-refractivity contribution in [1.82, 2.24) is 14.3 Å². The molecule has 6 nitrogen and oxygen atoms in total. The lowest BCUT2D eigenvalue weighted by atomic mass is 9.92. The van der Waals surface area contributed by atoms with Crippen LogP contribution in [-0.4, -0.2) is 30.2 Å². The highest BCUT2D eigenvalue weighted by Gasteiger charge is 2.39. The molecule has 1 aliphatic rings. The third-order valence-electron chi connectivity index (χ3n) is 5.95. The Labute approximate surface area is 194 Å². The van der Waals surface area contributed by atoms with Gasteiger partial charge in [-0.05, 0) is 62.9 Å². The maximum atomic E-state index is 12.8. The Bertz CT molecular complexity index is 1370. The van der Waals surface area contributed by atoms with Gasteiger partial charge in [0.25, 0.3) is 0 Å². The molecule has 0 aliphatic heterocycles. The fourth-order valence-corrected chi connectivity index (χ4v) is 5.21. The SMILES string of the molecule is Cc1cc2c(cc1Cl)c(C#N)c(-c1ccc(S(=O)(=O)NC(C)C(F)(F)F)cn1)n2C1CCC1. The lowest BCUT2D eigenvalue weighted by molar-refractivity contribution is -0.147. The predicted octanol–water partition coefficient (Wildman–Crippen LogP) is 5.49. The van der Waals surface area contributed by atoms with E-state index in [1.165, 1.54) is 12.1 Å². The van der Waals surface area contributed by atoms with Gasteiger partial charge in [-0.15, -0.1) is 0 Å². The number of nitrogens with one attached hydrogen (secondary N) is 1. The van der Waals surface area contributed by atoms with Crippen LogP contribution in [0, 0.1) is 18.3 Å². The number of aromatic nitrogens is 2. The molecule has 174 valence electrons. The molecule has 1 fully saturated rings. The van der Waals surface area contributed by atoms with Gasteiger partial charge in [-0.2, -0.15) is 23.2 Å². The standard InChI is InChI=1S/C22H20ClF3N4O2S/c1-12-8-20-16(9-18(12)23)17(10-27)21(30(20)14-4-3-5-14)19-7-6-15(11-28-19)33(31,32)29-13(2)22(24,25)26/h6-9,11,13-14,29H,3-5H2,1-2H3. The van der Waals surface area contributed by atoms with E-state index in [-0.39, 0.29) is 6.04 Å². The van der Waals surface area contributed by atoms with Crippen LogP contribution in [0.15, 0.2) is 35.4 Å². The fraction of sp³-hybridized carbons (Fsp3) is 0.364. The van der Waals surface area contributed by atoms with Crippen molar-refractivity contribution in [2.75, 3.05) is 0 Å². The Balaban J connectivity index is 1.82. The third kappa shape index (κ3) is 4.21. The summed E-state index contributed by atoms with van der Waals surface area (Å²) in [6.07, 6.45) is -0.815. The van der Waals surface area contributed by atoms with E-state index in [2.05, 4.69) is 11.1 Å². The third-order valence-corrected chi connectivity index (χ3v) is 7.88. The summed E-state index contributed by atoms with van der Waals surface area (Å²) in [5.41, 5.74) is 2.96. The molecule has 1 N–H and O–H groups in total. The zero-order chi connectivity index (χ0) is 24.1. The van der Waals surface area contributed by atoms with Crippen LogP contribution < -0.4 is 4.72 Å². The van der Waals surface area contributed by atoms with Gasteiger partial charge in [0.1, 0.15) is 17.0 Å². The van der Waals surface area contributed by atoms with Gasteiger partial charge >= 0.3 is 6.18 Å². The molecule has 2 heterocycles. The summed E-state index contributed by atoms with van der Waals surface area (Å²) in [7, 11) is -4.43. The van der Waals surface area contributed by atoms with Gasteiger partial charge in [-0.1, -0.05) is 11.6 Å². The molecule has 1 aromatic carbocycles. The summed E-state index contributed by atoms with van der Waals surface area (Å²) in [6.45, 7) is 2.60. The number of hydrogen-bond donors (Lipinski definition) is 1. The summed E-state index contributed by atoms with van der Waals surface area (Å²) >= 11 is 6.31. The smallest absolute Gasteiger partial charge is 0.335 e. The average Bonchev–Trinajstić information content (AvgIpc) is 2.99. The number of fused-ring (bicyclic) bond motifs is 1. The van der Waals surface area contributed by atoms with Crippen molar-refractivity contribution in [3.05, 3.63) is 46.6 Å². The molecule has 2 aromatic heterocycles. The highest BCUT2D eigenvalue weighted by Crippen LogP contribution is 2.43. The van der Waals surface area contributed by atoms with Gasteiger partial charge in [-0.3, -0.25) is 4.98 Å². The Morgan fingerprint density at radius 1 is 1.30 bits per heavy atom. The highest BCUT2D eigenvalue weighted by atomic mass is 35.5. The molecule has 1 atom stereocenters. The van der Waals surface area contributed by atoms with E-state index in [1.807, 2.05) is 17.6 Å². The lowest BCUT2D eigenvalue weighted by Crippen LogP contribution is -2.42. The second-order valence-corrected chi connectivity index (χ2v) is 10.3. The highest BCUT2D eigenvalue weighted by molar-refractivity contribution is 7.89. The van der Waals surface area contributed by atoms with E-state index < -0.39 is 27.1 Å². The minimum atomic E-state index is -4.72. The molecular formula is C22H20ClF3N4O2S. The average molecular weight is 497 g/mol. The molecule has 4 rings (SSSR count). The van der Waals surface area contributed by atoms with Gasteiger partial charge in [-0.25, -0.2) is 8.42 Å². The Hall–Kier alpha value is -2.61. The fourth-order valence-electron chi connectivity index (χ4n) is 3.87. The minimum Gasteiger partial charge on any atom is -0.335 e. The van der Waals surface area contributed by atoms with Gasteiger partial charge in [0, 0.05) is 22.6 Å². The molecule has 11 heteroatoms. The summed E-state index contributed by atoms with van der Waals surface area (Å²) in [6, 6.07) is 6.39. The molecule has 0 spiro atoms. The number of hydrogen-bond acceptors (Lipinski definition) is 4. The first kappa shape index (κ1) is 23.5. The number of alkyl halides is 3. The minimum absolute atomic E-state index is 0.157. The van der Waals surface area contributed by atoms with Crippen LogP contribution in [0.1, 0.15) is 43.4 Å². The topological polar surface area (TPSA) is 87.8 Å². The number of sulfonamides is 1. The summed E-state index contributed by atoms with van der Waals surface area (Å²) in [5, 5.41) is 11.1. The van der Waals surface area contributed by atoms with Crippen molar-refractivity contribution in [2.45, 2.75) is 56.3 Å². The lowest BCUT2D eigenvalue weighted by Gasteiger charge is -2.30. The molecule has 1 saturated carbocycles. The molecule has 1 unspecified atom stereocenters. The van der Waals surface area contributed by atoms with E-state index in [0.29, 0.717) is 27.4 Å². The van der Waals surface area contributed by atoms with Gasteiger partial charge < -0.3 is 4.57 Å². The Kier molecular flexibility index (Phi) is 5.93. The molecule has 33 heavy (non-hydrogen) atoms. The number of nitriles is 1. The number of halogens is 4. The molecule has 0 radical (unpaired) electrons. The van der Waals surface area contributed by atoms with Crippen LogP contribution in [0.5, 0.6) is 0 Å². The van der Waals surface area contributed by atoms with Crippen LogP contribution in [0.3, 0.4) is 0 Å². The summed E-state index contributed by atoms with van der Waals surface area (Å²) in [5.74, 6) is 0. The zero-order valence-electron chi connectivity index (χ0n) is 17.7. The molecule has 0 saturated heterocycles. The maximum Gasteiger partial charge on any atom is 0.404 e. The quantitative estimate of drug-likeness (QED) is 0.506. The molecule has 3 aromatic rings. The van der Waals surface area contributed by atoms with Gasteiger partial charge in [0.15, 0.2) is 0 Å². The van der Waals surface area contributed by atoms with E-state index in [1.54, 1.807) is 10.8 Å². The number of pyridine rings is 1. The first-order valence-electron chi connectivity index (χ1n) is 10.2. The largest absolute Gasteiger partial charge is 0.404 e. The normalized spacial score (nSPS) is 15.9. The van der Waals surface area contributed by atoms with Crippen LogP contribution in [-0.2, 0) is 10.0 Å². The summed E-state index contributed by atoms with van der Waals surface area (Å²) in [4.78, 5) is 3.83. The van der Waals surface area contributed by atoms with Gasteiger partial charge in [0.05, 0.1) is 22.5 Å². The summed E-state index contributed by atoms with van der Waals surface area (Å²) < 4.78 is 66.8. The second kappa shape index (κ2) is 8.31. The predicted molar refractivity (Wildman–Crippen MR) is 118 cm³/mol. The van der Waals surface area contributed by atoms with Crippen molar-refractivity contribution >= 4 is 32.5 Å². The Morgan fingerprint density at radius 2 is 2.00 bits per heavy atom. The number of aryl methyl sites for hydroxylation is 1. The van der Waals surface area contributed by atoms with Crippen molar-refractivity contribution in [1.29, 1.82) is 5.26 Å². The molecular weight excluding hydrogens is 477 g/mol. The van der Waals surface area contributed by atoms with E-state index >= 15 is 0 Å². The number of rotatable bonds is 5. The van der Waals surface area contributed by atoms with Crippen molar-refractivity contribution < 1.29 is 21.6 Å². The van der Waals surface area contributed by atoms with Crippen LogP contribution in [0.2, 0.25) is 5.02 Å². The van der Waals surface area contributed by atoms with Crippen LogP contribution in [0.25, 0.3) is 22.3 Å². The van der Waals surface area contributed by atoms with E-state index in [0.717, 1.165) is 43.5 Å².